The van der Waals surface area contributed by atoms with Gasteiger partial charge in [0.1, 0.15) is 12.3 Å². The van der Waals surface area contributed by atoms with Gasteiger partial charge in [-0.1, -0.05) is 30.3 Å². The lowest BCUT2D eigenvalue weighted by Gasteiger charge is -2.31. The number of amides is 2. The van der Waals surface area contributed by atoms with Crippen LogP contribution in [0.4, 0.5) is 5.69 Å². The summed E-state index contributed by atoms with van der Waals surface area (Å²) in [6.45, 7) is 2.58. The van der Waals surface area contributed by atoms with E-state index in [-0.39, 0.29) is 48.8 Å². The third-order valence-electron chi connectivity index (χ3n) is 5.46. The van der Waals surface area contributed by atoms with E-state index in [2.05, 4.69) is 5.32 Å². The monoisotopic (exact) mass is 459 g/mol. The van der Waals surface area contributed by atoms with Crippen LogP contribution in [0.25, 0.3) is 0 Å². The van der Waals surface area contributed by atoms with Gasteiger partial charge in [-0.3, -0.25) is 14.5 Å². The molecule has 2 heterocycles. The second-order valence-electron chi connectivity index (χ2n) is 7.61. The zero-order valence-corrected chi connectivity index (χ0v) is 18.5. The number of benzene rings is 2. The molecule has 1 N–H and O–H groups in total. The molecule has 0 spiro atoms. The Morgan fingerprint density at radius 1 is 1.12 bits per heavy atom. The summed E-state index contributed by atoms with van der Waals surface area (Å²) in [5, 5.41) is 2.88. The van der Waals surface area contributed by atoms with Gasteiger partial charge >= 0.3 is 0 Å². The molecule has 170 valence electrons. The van der Waals surface area contributed by atoms with Crippen molar-refractivity contribution in [1.29, 1.82) is 0 Å². The van der Waals surface area contributed by atoms with Crippen molar-refractivity contribution in [2.75, 3.05) is 44.4 Å². The molecule has 0 aromatic heterocycles. The number of hydrogen-bond donors (Lipinski definition) is 1. The van der Waals surface area contributed by atoms with Crippen LogP contribution in [0.3, 0.4) is 0 Å². The summed E-state index contributed by atoms with van der Waals surface area (Å²) in [4.78, 5) is 26.6. The molecule has 2 amide bonds. The Labute approximate surface area is 187 Å². The third-order valence-corrected chi connectivity index (χ3v) is 7.35. The number of rotatable bonds is 6. The fourth-order valence-electron chi connectivity index (χ4n) is 3.71. The summed E-state index contributed by atoms with van der Waals surface area (Å²) in [7, 11) is -3.76. The molecule has 0 aliphatic carbocycles. The van der Waals surface area contributed by atoms with E-state index >= 15 is 0 Å². The number of carbonyl (C=O) groups is 2. The van der Waals surface area contributed by atoms with Crippen molar-refractivity contribution in [3.63, 3.8) is 0 Å². The molecule has 1 atom stereocenters. The number of sulfonamides is 1. The van der Waals surface area contributed by atoms with Crippen LogP contribution in [-0.2, 0) is 24.3 Å². The van der Waals surface area contributed by atoms with Crippen LogP contribution in [0.1, 0.15) is 18.5 Å². The molecule has 4 rings (SSSR count). The van der Waals surface area contributed by atoms with E-state index in [0.29, 0.717) is 19.0 Å². The summed E-state index contributed by atoms with van der Waals surface area (Å²) >= 11 is 0. The minimum absolute atomic E-state index is 0.0412. The number of anilines is 1. The second-order valence-corrected chi connectivity index (χ2v) is 9.55. The van der Waals surface area contributed by atoms with Gasteiger partial charge in [-0.15, -0.1) is 0 Å². The Kier molecular flexibility index (Phi) is 6.45. The van der Waals surface area contributed by atoms with Gasteiger partial charge in [-0.05, 0) is 30.7 Å². The van der Waals surface area contributed by atoms with Gasteiger partial charge in [0.15, 0.2) is 6.61 Å². The standard InChI is InChI=1S/C22H25N3O6S/c1-16(17-5-3-2-4-6-17)23-21(26)14-25-19-13-18(7-8-20(19)31-15-22(25)27)32(28,29)24-9-11-30-12-10-24/h2-8,13,16H,9-12,14-15H2,1H3,(H,23,26). The van der Waals surface area contributed by atoms with E-state index in [4.69, 9.17) is 9.47 Å². The van der Waals surface area contributed by atoms with Crippen LogP contribution in [0.15, 0.2) is 53.4 Å². The molecule has 1 fully saturated rings. The van der Waals surface area contributed by atoms with Gasteiger partial charge in [-0.2, -0.15) is 4.31 Å². The third kappa shape index (κ3) is 4.62. The number of fused-ring (bicyclic) bond motifs is 1. The minimum atomic E-state index is -3.76. The zero-order valence-electron chi connectivity index (χ0n) is 17.7. The van der Waals surface area contributed by atoms with Gasteiger partial charge < -0.3 is 14.8 Å². The second kappa shape index (κ2) is 9.27. The van der Waals surface area contributed by atoms with Gasteiger partial charge in [0.25, 0.3) is 5.91 Å². The first-order valence-electron chi connectivity index (χ1n) is 10.4. The Balaban J connectivity index is 1.55. The lowest BCUT2D eigenvalue weighted by atomic mass is 10.1. The molecule has 0 bridgehead atoms. The first-order chi connectivity index (χ1) is 15.4. The number of carbonyl (C=O) groups excluding carboxylic acids is 2. The van der Waals surface area contributed by atoms with Crippen LogP contribution in [0.5, 0.6) is 5.75 Å². The molecular formula is C22H25N3O6S. The smallest absolute Gasteiger partial charge is 0.265 e. The fourth-order valence-corrected chi connectivity index (χ4v) is 5.14. The van der Waals surface area contributed by atoms with Crippen LogP contribution in [0, 0.1) is 0 Å². The first kappa shape index (κ1) is 22.3. The molecule has 2 aromatic carbocycles. The van der Waals surface area contributed by atoms with E-state index in [1.807, 2.05) is 37.3 Å². The molecule has 1 saturated heterocycles. The molecule has 2 aromatic rings. The number of hydrogen-bond acceptors (Lipinski definition) is 6. The molecular weight excluding hydrogens is 434 g/mol. The molecule has 2 aliphatic heterocycles. The summed E-state index contributed by atoms with van der Waals surface area (Å²) in [6.07, 6.45) is 0. The average molecular weight is 460 g/mol. The van der Waals surface area contributed by atoms with Crippen molar-refractivity contribution in [1.82, 2.24) is 9.62 Å². The van der Waals surface area contributed by atoms with E-state index < -0.39 is 15.9 Å². The van der Waals surface area contributed by atoms with Gasteiger partial charge in [0.05, 0.1) is 29.8 Å². The van der Waals surface area contributed by atoms with E-state index in [1.54, 1.807) is 0 Å². The minimum Gasteiger partial charge on any atom is -0.482 e. The normalized spacial score (nSPS) is 17.9. The molecule has 32 heavy (non-hydrogen) atoms. The maximum atomic E-state index is 13.0. The fraction of sp³-hybridized carbons (Fsp3) is 0.364. The predicted octanol–water partition coefficient (Wildman–Crippen LogP) is 1.31. The quantitative estimate of drug-likeness (QED) is 0.698. The molecule has 9 nitrogen and oxygen atoms in total. The SMILES string of the molecule is CC(NC(=O)CN1C(=O)COc2ccc(S(=O)(=O)N3CCOCC3)cc21)c1ccccc1. The highest BCUT2D eigenvalue weighted by molar-refractivity contribution is 7.89. The maximum absolute atomic E-state index is 13.0. The predicted molar refractivity (Wildman–Crippen MR) is 117 cm³/mol. The van der Waals surface area contributed by atoms with Crippen LogP contribution in [-0.4, -0.2) is 64.0 Å². The number of nitrogens with zero attached hydrogens (tertiary/aromatic N) is 2. The van der Waals surface area contributed by atoms with E-state index in [0.717, 1.165) is 5.56 Å². The highest BCUT2D eigenvalue weighted by Gasteiger charge is 2.32. The largest absolute Gasteiger partial charge is 0.482 e. The number of morpholine rings is 1. The zero-order chi connectivity index (χ0) is 22.7. The number of ether oxygens (including phenoxy) is 2. The first-order valence-corrected chi connectivity index (χ1v) is 11.8. The Hall–Kier alpha value is -2.95. The molecule has 10 heteroatoms. The van der Waals surface area contributed by atoms with Gasteiger partial charge in [-0.25, -0.2) is 8.42 Å². The lowest BCUT2D eigenvalue weighted by Crippen LogP contribution is -2.45. The Morgan fingerprint density at radius 3 is 2.56 bits per heavy atom. The highest BCUT2D eigenvalue weighted by Crippen LogP contribution is 2.35. The summed E-state index contributed by atoms with van der Waals surface area (Å²) in [5.41, 5.74) is 1.20. The van der Waals surface area contributed by atoms with Crippen molar-refractivity contribution in [2.24, 2.45) is 0 Å². The van der Waals surface area contributed by atoms with Crippen LogP contribution >= 0.6 is 0 Å². The maximum Gasteiger partial charge on any atom is 0.265 e. The van der Waals surface area contributed by atoms with Crippen molar-refractivity contribution in [3.8, 4) is 5.75 Å². The van der Waals surface area contributed by atoms with Crippen LogP contribution < -0.4 is 15.0 Å². The topological polar surface area (TPSA) is 105 Å². The van der Waals surface area contributed by atoms with Gasteiger partial charge in [0.2, 0.25) is 15.9 Å². The van der Waals surface area contributed by atoms with Crippen molar-refractivity contribution >= 4 is 27.5 Å². The molecule has 0 radical (unpaired) electrons. The summed E-state index contributed by atoms with van der Waals surface area (Å²) < 4.78 is 38.1. The van der Waals surface area contributed by atoms with Crippen molar-refractivity contribution in [2.45, 2.75) is 17.9 Å². The summed E-state index contributed by atoms with van der Waals surface area (Å²) in [5.74, 6) is -0.417. The van der Waals surface area contributed by atoms with Crippen molar-refractivity contribution in [3.05, 3.63) is 54.1 Å². The Morgan fingerprint density at radius 2 is 1.84 bits per heavy atom. The van der Waals surface area contributed by atoms with E-state index in [1.165, 1.54) is 27.4 Å². The van der Waals surface area contributed by atoms with Crippen LogP contribution in [0.2, 0.25) is 0 Å². The molecule has 0 saturated carbocycles. The Bertz CT molecular complexity index is 1100. The molecule has 1 unspecified atom stereocenters. The number of nitrogens with one attached hydrogen (secondary N) is 1. The average Bonchev–Trinajstić information content (AvgIpc) is 2.81. The lowest BCUT2D eigenvalue weighted by molar-refractivity contribution is -0.125. The van der Waals surface area contributed by atoms with Gasteiger partial charge in [0, 0.05) is 13.1 Å². The van der Waals surface area contributed by atoms with E-state index in [9.17, 15) is 18.0 Å². The summed E-state index contributed by atoms with van der Waals surface area (Å²) in [6, 6.07) is 13.6. The molecule has 2 aliphatic rings. The van der Waals surface area contributed by atoms with Crippen molar-refractivity contribution < 1.29 is 27.5 Å². The highest BCUT2D eigenvalue weighted by atomic mass is 32.2.